The molecule has 1 atom stereocenters. The molecular formula is C15H17N3O. The van der Waals surface area contributed by atoms with E-state index in [-0.39, 0.29) is 18.4 Å². The summed E-state index contributed by atoms with van der Waals surface area (Å²) in [6.07, 6.45) is 0. The molecule has 1 amide bonds. The van der Waals surface area contributed by atoms with Gasteiger partial charge in [0.1, 0.15) is 5.82 Å². The van der Waals surface area contributed by atoms with Gasteiger partial charge in [-0.2, -0.15) is 0 Å². The topological polar surface area (TPSA) is 68.0 Å². The fourth-order valence-corrected chi connectivity index (χ4v) is 1.91. The van der Waals surface area contributed by atoms with Crippen LogP contribution in [-0.4, -0.2) is 17.4 Å². The monoisotopic (exact) mass is 255 g/mol. The molecule has 0 aliphatic rings. The van der Waals surface area contributed by atoms with Gasteiger partial charge in [0.2, 0.25) is 5.91 Å². The molecule has 0 aliphatic carbocycles. The highest BCUT2D eigenvalue weighted by molar-refractivity contribution is 5.95. The Kier molecular flexibility index (Phi) is 4.26. The van der Waals surface area contributed by atoms with E-state index < -0.39 is 0 Å². The van der Waals surface area contributed by atoms with Crippen molar-refractivity contribution in [1.29, 1.82) is 0 Å². The summed E-state index contributed by atoms with van der Waals surface area (Å²) in [5.41, 5.74) is 7.48. The summed E-state index contributed by atoms with van der Waals surface area (Å²) >= 11 is 0. The first-order valence-corrected chi connectivity index (χ1v) is 6.20. The van der Waals surface area contributed by atoms with Crippen LogP contribution in [0, 0.1) is 6.92 Å². The molecule has 0 aliphatic heterocycles. The van der Waals surface area contributed by atoms with E-state index in [0.29, 0.717) is 5.82 Å². The molecule has 1 unspecified atom stereocenters. The number of benzene rings is 1. The van der Waals surface area contributed by atoms with Crippen LogP contribution in [0.15, 0.2) is 48.5 Å². The molecule has 1 heterocycles. The van der Waals surface area contributed by atoms with Crippen molar-refractivity contribution in [2.24, 2.45) is 5.73 Å². The van der Waals surface area contributed by atoms with E-state index in [4.69, 9.17) is 5.73 Å². The van der Waals surface area contributed by atoms with Gasteiger partial charge in [0.05, 0.1) is 5.92 Å². The third kappa shape index (κ3) is 3.39. The highest BCUT2D eigenvalue weighted by Crippen LogP contribution is 2.16. The zero-order valence-electron chi connectivity index (χ0n) is 10.8. The normalized spacial score (nSPS) is 11.9. The van der Waals surface area contributed by atoms with Crippen molar-refractivity contribution >= 4 is 11.7 Å². The first-order valence-electron chi connectivity index (χ1n) is 6.20. The summed E-state index contributed by atoms with van der Waals surface area (Å²) in [6.45, 7) is 2.15. The standard InChI is InChI=1S/C15H17N3O/c1-11-6-5-9-14(17-11)18-15(19)13(10-16)12-7-3-2-4-8-12/h2-9,13H,10,16H2,1H3,(H,17,18,19). The first kappa shape index (κ1) is 13.2. The molecule has 0 radical (unpaired) electrons. The third-order valence-corrected chi connectivity index (χ3v) is 2.89. The average Bonchev–Trinajstić information content (AvgIpc) is 2.41. The number of anilines is 1. The second-order valence-electron chi connectivity index (χ2n) is 4.35. The number of carbonyl (C=O) groups excluding carboxylic acids is 1. The number of nitrogens with zero attached hydrogens (tertiary/aromatic N) is 1. The molecule has 19 heavy (non-hydrogen) atoms. The lowest BCUT2D eigenvalue weighted by atomic mass is 9.98. The molecule has 4 heteroatoms. The van der Waals surface area contributed by atoms with Crippen LogP contribution in [0.2, 0.25) is 0 Å². The van der Waals surface area contributed by atoms with Crippen molar-refractivity contribution < 1.29 is 4.79 Å². The van der Waals surface area contributed by atoms with Crippen LogP contribution in [-0.2, 0) is 4.79 Å². The van der Waals surface area contributed by atoms with Gasteiger partial charge in [0.15, 0.2) is 0 Å². The quantitative estimate of drug-likeness (QED) is 0.878. The van der Waals surface area contributed by atoms with E-state index in [1.165, 1.54) is 0 Å². The Morgan fingerprint density at radius 2 is 1.95 bits per heavy atom. The van der Waals surface area contributed by atoms with Gasteiger partial charge < -0.3 is 11.1 Å². The Labute approximate surface area is 112 Å². The number of nitrogens with two attached hydrogens (primary N) is 1. The Bertz CT molecular complexity index is 554. The van der Waals surface area contributed by atoms with Crippen LogP contribution in [0.25, 0.3) is 0 Å². The second kappa shape index (κ2) is 6.11. The fourth-order valence-electron chi connectivity index (χ4n) is 1.91. The van der Waals surface area contributed by atoms with E-state index >= 15 is 0 Å². The van der Waals surface area contributed by atoms with Gasteiger partial charge in [-0.25, -0.2) is 4.98 Å². The lowest BCUT2D eigenvalue weighted by Gasteiger charge is -2.15. The molecule has 0 bridgehead atoms. The van der Waals surface area contributed by atoms with Gasteiger partial charge in [0, 0.05) is 12.2 Å². The van der Waals surface area contributed by atoms with Crippen LogP contribution in [0.3, 0.4) is 0 Å². The molecule has 2 rings (SSSR count). The minimum atomic E-state index is -0.358. The van der Waals surface area contributed by atoms with Crippen LogP contribution in [0.4, 0.5) is 5.82 Å². The minimum Gasteiger partial charge on any atom is -0.329 e. The Hall–Kier alpha value is -2.20. The minimum absolute atomic E-state index is 0.133. The Morgan fingerprint density at radius 1 is 1.21 bits per heavy atom. The summed E-state index contributed by atoms with van der Waals surface area (Å²) in [5.74, 6) is 0.0645. The number of amides is 1. The summed E-state index contributed by atoms with van der Waals surface area (Å²) in [5, 5.41) is 2.80. The first-order chi connectivity index (χ1) is 9.20. The smallest absolute Gasteiger partial charge is 0.234 e. The molecule has 3 N–H and O–H groups in total. The van der Waals surface area contributed by atoms with Crippen molar-refractivity contribution in [3.63, 3.8) is 0 Å². The second-order valence-corrected chi connectivity index (χ2v) is 4.35. The third-order valence-electron chi connectivity index (χ3n) is 2.89. The largest absolute Gasteiger partial charge is 0.329 e. The number of pyridine rings is 1. The van der Waals surface area contributed by atoms with Gasteiger partial charge >= 0.3 is 0 Å². The maximum absolute atomic E-state index is 12.2. The highest BCUT2D eigenvalue weighted by Gasteiger charge is 2.19. The van der Waals surface area contributed by atoms with Crippen molar-refractivity contribution in [2.75, 3.05) is 11.9 Å². The van der Waals surface area contributed by atoms with Gasteiger partial charge in [0.25, 0.3) is 0 Å². The van der Waals surface area contributed by atoms with E-state index in [1.807, 2.05) is 49.4 Å². The van der Waals surface area contributed by atoms with Crippen molar-refractivity contribution in [1.82, 2.24) is 4.98 Å². The number of hydrogen-bond donors (Lipinski definition) is 2. The van der Waals surface area contributed by atoms with Crippen molar-refractivity contribution in [3.05, 3.63) is 59.8 Å². The van der Waals surface area contributed by atoms with E-state index in [2.05, 4.69) is 10.3 Å². The number of nitrogens with one attached hydrogen (secondary N) is 1. The summed E-state index contributed by atoms with van der Waals surface area (Å²) in [6, 6.07) is 15.0. The predicted molar refractivity (Wildman–Crippen MR) is 75.8 cm³/mol. The van der Waals surface area contributed by atoms with E-state index in [9.17, 15) is 4.79 Å². The number of aromatic nitrogens is 1. The molecule has 0 saturated carbocycles. The molecular weight excluding hydrogens is 238 g/mol. The maximum atomic E-state index is 12.2. The molecule has 98 valence electrons. The lowest BCUT2D eigenvalue weighted by Crippen LogP contribution is -2.27. The number of rotatable bonds is 4. The molecule has 1 aromatic carbocycles. The van der Waals surface area contributed by atoms with Gasteiger partial charge in [-0.05, 0) is 24.6 Å². The van der Waals surface area contributed by atoms with Gasteiger partial charge in [-0.3, -0.25) is 4.79 Å². The number of aryl methyl sites for hydroxylation is 1. The van der Waals surface area contributed by atoms with Gasteiger partial charge in [-0.15, -0.1) is 0 Å². The summed E-state index contributed by atoms with van der Waals surface area (Å²) in [4.78, 5) is 16.5. The van der Waals surface area contributed by atoms with Crippen LogP contribution >= 0.6 is 0 Å². The zero-order chi connectivity index (χ0) is 13.7. The fraction of sp³-hybridized carbons (Fsp3) is 0.200. The van der Waals surface area contributed by atoms with Gasteiger partial charge in [-0.1, -0.05) is 36.4 Å². The molecule has 1 aromatic heterocycles. The molecule has 2 aromatic rings. The number of carbonyl (C=O) groups is 1. The highest BCUT2D eigenvalue weighted by atomic mass is 16.1. The average molecular weight is 255 g/mol. The molecule has 4 nitrogen and oxygen atoms in total. The maximum Gasteiger partial charge on any atom is 0.234 e. The molecule has 0 saturated heterocycles. The molecule has 0 fully saturated rings. The van der Waals surface area contributed by atoms with E-state index in [0.717, 1.165) is 11.3 Å². The van der Waals surface area contributed by atoms with Crippen molar-refractivity contribution in [3.8, 4) is 0 Å². The Morgan fingerprint density at radius 3 is 2.58 bits per heavy atom. The van der Waals surface area contributed by atoms with Crippen molar-refractivity contribution in [2.45, 2.75) is 12.8 Å². The summed E-state index contributed by atoms with van der Waals surface area (Å²) < 4.78 is 0. The zero-order valence-corrected chi connectivity index (χ0v) is 10.8. The number of hydrogen-bond acceptors (Lipinski definition) is 3. The Balaban J connectivity index is 2.14. The van der Waals surface area contributed by atoms with E-state index in [1.54, 1.807) is 6.07 Å². The summed E-state index contributed by atoms with van der Waals surface area (Å²) in [7, 11) is 0. The lowest BCUT2D eigenvalue weighted by molar-refractivity contribution is -0.117. The van der Waals surface area contributed by atoms with Crippen LogP contribution in [0.5, 0.6) is 0 Å². The molecule has 0 spiro atoms. The SMILES string of the molecule is Cc1cccc(NC(=O)C(CN)c2ccccc2)n1. The van der Waals surface area contributed by atoms with Crippen LogP contribution in [0.1, 0.15) is 17.2 Å². The predicted octanol–water partition coefficient (Wildman–Crippen LogP) is 2.07. The van der Waals surface area contributed by atoms with Crippen LogP contribution < -0.4 is 11.1 Å².